The van der Waals surface area contributed by atoms with Crippen molar-refractivity contribution in [1.29, 1.82) is 0 Å². The summed E-state index contributed by atoms with van der Waals surface area (Å²) in [6.45, 7) is 4.30. The van der Waals surface area contributed by atoms with E-state index in [4.69, 9.17) is 11.6 Å². The van der Waals surface area contributed by atoms with E-state index in [0.29, 0.717) is 0 Å². The molecule has 0 saturated carbocycles. The van der Waals surface area contributed by atoms with Crippen LogP contribution in [0.1, 0.15) is 5.56 Å². The van der Waals surface area contributed by atoms with Crippen LogP contribution < -0.4 is 27.2 Å². The number of aryl methyl sites for hydroxylation is 1. The normalized spacial score (nSPS) is 11.0. The van der Waals surface area contributed by atoms with Crippen LogP contribution in [0.5, 0.6) is 0 Å². The van der Waals surface area contributed by atoms with Crippen LogP contribution in [0.2, 0.25) is 5.02 Å². The first-order valence-corrected chi connectivity index (χ1v) is 10.2. The smallest absolute Gasteiger partial charge is 0.140 e. The van der Waals surface area contributed by atoms with Gasteiger partial charge in [-0.2, -0.15) is 0 Å². The van der Waals surface area contributed by atoms with Crippen molar-refractivity contribution in [2.45, 2.75) is 0 Å². The SMILES string of the molecule is Bc1c(B)c(C(=C)Nc2cc3cc(-c4cncn4C)ccc3cn2)c(B)c(B)c1Cl. The van der Waals surface area contributed by atoms with Gasteiger partial charge in [-0.05, 0) is 23.1 Å². The standard InChI is InChI=1S/C21H21B4ClN4/c1-10(16-17(22)19(24)21(26)20(25)18(16)23)29-15-6-13-5-11(3-4-12(13)7-28-15)14-8-27-9-30(14)2/h3-9H,1,22-25H2,2H3,(H,28,29). The number of hydrogen-bond acceptors (Lipinski definition) is 3. The number of imidazole rings is 1. The van der Waals surface area contributed by atoms with Crippen LogP contribution in [-0.4, -0.2) is 45.9 Å². The largest absolute Gasteiger partial charge is 0.340 e. The number of fused-ring (bicyclic) bond motifs is 1. The lowest BCUT2D eigenvalue weighted by atomic mass is 9.66. The molecule has 0 fully saturated rings. The summed E-state index contributed by atoms with van der Waals surface area (Å²) >= 11 is 6.49. The fourth-order valence-electron chi connectivity index (χ4n) is 3.94. The van der Waals surface area contributed by atoms with Gasteiger partial charge in [-0.15, -0.1) is 0 Å². The summed E-state index contributed by atoms with van der Waals surface area (Å²) in [5.41, 5.74) is 8.57. The number of anilines is 1. The predicted molar refractivity (Wildman–Crippen MR) is 141 cm³/mol. The Bertz CT molecular complexity index is 1290. The molecule has 4 nitrogen and oxygen atoms in total. The summed E-state index contributed by atoms with van der Waals surface area (Å²) in [6.07, 6.45) is 5.57. The molecule has 4 aromatic rings. The molecule has 0 aliphatic carbocycles. The maximum Gasteiger partial charge on any atom is 0.140 e. The molecule has 0 unspecified atom stereocenters. The lowest BCUT2D eigenvalue weighted by Crippen LogP contribution is -2.45. The van der Waals surface area contributed by atoms with E-state index in [2.05, 4.69) is 77.5 Å². The zero-order chi connectivity index (χ0) is 21.6. The third-order valence-electron chi connectivity index (χ3n) is 5.95. The van der Waals surface area contributed by atoms with Crippen LogP contribution in [-0.2, 0) is 7.05 Å². The first-order valence-electron chi connectivity index (χ1n) is 9.86. The summed E-state index contributed by atoms with van der Waals surface area (Å²) in [5.74, 6) is 0.763. The third kappa shape index (κ3) is 3.46. The molecular weight excluding hydrogens is 387 g/mol. The highest BCUT2D eigenvalue weighted by molar-refractivity contribution is 6.64. The van der Waals surface area contributed by atoms with Crippen molar-refractivity contribution >= 4 is 87.1 Å². The Morgan fingerprint density at radius 1 is 1.00 bits per heavy atom. The van der Waals surface area contributed by atoms with Crippen LogP contribution in [0.3, 0.4) is 0 Å². The molecule has 2 aromatic carbocycles. The Hall–Kier alpha value is -2.85. The molecule has 9 heteroatoms. The number of nitrogens with one attached hydrogen (secondary N) is 1. The van der Waals surface area contributed by atoms with Gasteiger partial charge in [0.25, 0.3) is 0 Å². The fourth-order valence-corrected chi connectivity index (χ4v) is 4.22. The van der Waals surface area contributed by atoms with Gasteiger partial charge in [-0.3, -0.25) is 0 Å². The molecule has 0 amide bonds. The zero-order valence-corrected chi connectivity index (χ0v) is 18.7. The van der Waals surface area contributed by atoms with Gasteiger partial charge in [-0.1, -0.05) is 52.2 Å². The number of nitrogens with zero attached hydrogens (tertiary/aromatic N) is 3. The average molecular weight is 408 g/mol. The maximum atomic E-state index is 6.49. The van der Waals surface area contributed by atoms with E-state index in [1.165, 1.54) is 0 Å². The quantitative estimate of drug-likeness (QED) is 0.414. The minimum Gasteiger partial charge on any atom is -0.340 e. The number of hydrogen-bond donors (Lipinski definition) is 1. The maximum absolute atomic E-state index is 6.49. The molecule has 0 atom stereocenters. The summed E-state index contributed by atoms with van der Waals surface area (Å²) in [5, 5.41) is 6.43. The first-order chi connectivity index (χ1) is 14.3. The molecule has 0 bridgehead atoms. The van der Waals surface area contributed by atoms with E-state index in [0.717, 1.165) is 66.0 Å². The summed E-state index contributed by atoms with van der Waals surface area (Å²) in [4.78, 5) is 8.81. The summed E-state index contributed by atoms with van der Waals surface area (Å²) < 4.78 is 2.01. The Labute approximate surface area is 185 Å². The molecular formula is C21H21B4ClN4. The summed E-state index contributed by atoms with van der Waals surface area (Å²) in [6, 6.07) is 8.40. The average Bonchev–Trinajstić information content (AvgIpc) is 3.16. The van der Waals surface area contributed by atoms with Gasteiger partial charge in [0, 0.05) is 34.9 Å². The van der Waals surface area contributed by atoms with Crippen molar-refractivity contribution in [2.24, 2.45) is 7.05 Å². The van der Waals surface area contributed by atoms with Crippen molar-refractivity contribution < 1.29 is 0 Å². The second-order valence-corrected chi connectivity index (χ2v) is 8.19. The molecule has 144 valence electrons. The molecule has 1 N–H and O–H groups in total. The van der Waals surface area contributed by atoms with Gasteiger partial charge in [-0.25, -0.2) is 9.97 Å². The Balaban J connectivity index is 1.71. The van der Waals surface area contributed by atoms with Gasteiger partial charge in [0.2, 0.25) is 0 Å². The van der Waals surface area contributed by atoms with Gasteiger partial charge in [0.15, 0.2) is 0 Å². The monoisotopic (exact) mass is 408 g/mol. The fraction of sp³-hybridized carbons (Fsp3) is 0.0476. The van der Waals surface area contributed by atoms with Crippen LogP contribution in [0.25, 0.3) is 27.7 Å². The number of halogens is 1. The number of aromatic nitrogens is 3. The van der Waals surface area contributed by atoms with E-state index < -0.39 is 0 Å². The predicted octanol–water partition coefficient (Wildman–Crippen LogP) is -1.59. The first kappa shape index (κ1) is 20.4. The topological polar surface area (TPSA) is 42.7 Å². The van der Waals surface area contributed by atoms with E-state index >= 15 is 0 Å². The van der Waals surface area contributed by atoms with Crippen LogP contribution >= 0.6 is 11.6 Å². The second-order valence-electron chi connectivity index (χ2n) is 7.81. The minimum atomic E-state index is 0.763. The van der Waals surface area contributed by atoms with Gasteiger partial charge < -0.3 is 9.88 Å². The van der Waals surface area contributed by atoms with Crippen molar-refractivity contribution in [3.05, 3.63) is 60.2 Å². The molecule has 0 saturated heterocycles. The van der Waals surface area contributed by atoms with Crippen molar-refractivity contribution in [3.8, 4) is 11.3 Å². The van der Waals surface area contributed by atoms with E-state index in [1.807, 2.05) is 30.3 Å². The number of rotatable bonds is 4. The number of pyridine rings is 1. The van der Waals surface area contributed by atoms with Crippen molar-refractivity contribution in [3.63, 3.8) is 0 Å². The Morgan fingerprint density at radius 3 is 2.33 bits per heavy atom. The highest BCUT2D eigenvalue weighted by Crippen LogP contribution is 2.25. The van der Waals surface area contributed by atoms with E-state index in [-0.39, 0.29) is 0 Å². The Morgan fingerprint density at radius 2 is 1.70 bits per heavy atom. The molecule has 2 aromatic heterocycles. The van der Waals surface area contributed by atoms with Gasteiger partial charge >= 0.3 is 0 Å². The minimum absolute atomic E-state index is 0.763. The van der Waals surface area contributed by atoms with Gasteiger partial charge in [0.1, 0.15) is 37.2 Å². The van der Waals surface area contributed by atoms with Gasteiger partial charge in [0.05, 0.1) is 18.2 Å². The highest BCUT2D eigenvalue weighted by atomic mass is 35.5. The molecule has 0 aliphatic rings. The molecule has 0 radical (unpaired) electrons. The molecule has 0 spiro atoms. The zero-order valence-electron chi connectivity index (χ0n) is 18.0. The number of benzene rings is 2. The molecule has 30 heavy (non-hydrogen) atoms. The van der Waals surface area contributed by atoms with Crippen molar-refractivity contribution in [1.82, 2.24) is 14.5 Å². The molecule has 4 rings (SSSR count). The van der Waals surface area contributed by atoms with E-state index in [1.54, 1.807) is 0 Å². The lowest BCUT2D eigenvalue weighted by molar-refractivity contribution is 0.921. The molecule has 2 heterocycles. The van der Waals surface area contributed by atoms with Crippen LogP contribution in [0.15, 0.2) is 49.6 Å². The lowest BCUT2D eigenvalue weighted by Gasteiger charge is -2.21. The van der Waals surface area contributed by atoms with Crippen molar-refractivity contribution in [2.75, 3.05) is 5.32 Å². The van der Waals surface area contributed by atoms with E-state index in [9.17, 15) is 0 Å². The second kappa shape index (κ2) is 7.77. The molecule has 0 aliphatic heterocycles. The van der Waals surface area contributed by atoms with Crippen LogP contribution in [0.4, 0.5) is 5.82 Å². The highest BCUT2D eigenvalue weighted by Gasteiger charge is 2.15. The summed E-state index contributed by atoms with van der Waals surface area (Å²) in [7, 11) is 10.3. The van der Waals surface area contributed by atoms with Crippen LogP contribution in [0, 0.1) is 0 Å². The third-order valence-corrected chi connectivity index (χ3v) is 6.52. The Kier molecular flexibility index (Phi) is 5.29.